The Balaban J connectivity index is 2.23. The molecule has 0 aliphatic carbocycles. The molecule has 1 aromatic carbocycles. The molecule has 2 heterocycles. The van der Waals surface area contributed by atoms with E-state index in [0.29, 0.717) is 22.5 Å². The summed E-state index contributed by atoms with van der Waals surface area (Å²) >= 11 is 0. The maximum atomic E-state index is 10.9. The summed E-state index contributed by atoms with van der Waals surface area (Å²) in [6, 6.07) is 13.6. The number of benzene rings is 1. The topological polar surface area (TPSA) is 102 Å². The van der Waals surface area contributed by atoms with Gasteiger partial charge in [0.1, 0.15) is 11.6 Å². The maximum Gasteiger partial charge on any atom is 0.269 e. The second kappa shape index (κ2) is 6.99. The molecule has 0 radical (unpaired) electrons. The summed E-state index contributed by atoms with van der Waals surface area (Å²) in [4.78, 5) is 19.2. The van der Waals surface area contributed by atoms with E-state index in [1.165, 1.54) is 19.2 Å². The molecule has 26 heavy (non-hydrogen) atoms. The number of hydrogen-bond donors (Lipinski definition) is 0. The minimum absolute atomic E-state index is 0.0194. The molecular formula is C19H14N4O3. The van der Waals surface area contributed by atoms with Gasteiger partial charge in [0.25, 0.3) is 5.69 Å². The van der Waals surface area contributed by atoms with E-state index < -0.39 is 4.92 Å². The average molecular weight is 346 g/mol. The Morgan fingerprint density at radius 2 is 1.96 bits per heavy atom. The minimum Gasteiger partial charge on any atom is -0.480 e. The van der Waals surface area contributed by atoms with Gasteiger partial charge in [-0.3, -0.25) is 15.1 Å². The van der Waals surface area contributed by atoms with E-state index in [1.54, 1.807) is 24.4 Å². The number of pyridine rings is 2. The normalized spacial score (nSPS) is 10.2. The summed E-state index contributed by atoms with van der Waals surface area (Å²) in [5, 5.41) is 20.4. The van der Waals surface area contributed by atoms with Gasteiger partial charge in [-0.25, -0.2) is 4.98 Å². The first-order valence-electron chi connectivity index (χ1n) is 7.71. The number of rotatable bonds is 4. The molecule has 128 valence electrons. The first-order valence-corrected chi connectivity index (χ1v) is 7.71. The lowest BCUT2D eigenvalue weighted by Gasteiger charge is -2.12. The summed E-state index contributed by atoms with van der Waals surface area (Å²) in [6.07, 6.45) is 1.67. The van der Waals surface area contributed by atoms with E-state index in [-0.39, 0.29) is 17.1 Å². The van der Waals surface area contributed by atoms with E-state index >= 15 is 0 Å². The molecule has 7 nitrogen and oxygen atoms in total. The molecule has 0 atom stereocenters. The van der Waals surface area contributed by atoms with Crippen molar-refractivity contribution < 1.29 is 9.66 Å². The van der Waals surface area contributed by atoms with Gasteiger partial charge in [0.2, 0.25) is 5.88 Å². The highest BCUT2D eigenvalue weighted by Crippen LogP contribution is 2.34. The van der Waals surface area contributed by atoms with Crippen LogP contribution in [0.15, 0.2) is 48.7 Å². The van der Waals surface area contributed by atoms with Crippen LogP contribution in [0.4, 0.5) is 5.69 Å². The van der Waals surface area contributed by atoms with Gasteiger partial charge in [-0.05, 0) is 42.3 Å². The Bertz CT molecular complexity index is 1020. The molecule has 0 saturated carbocycles. The van der Waals surface area contributed by atoms with Crippen LogP contribution >= 0.6 is 0 Å². The van der Waals surface area contributed by atoms with E-state index in [4.69, 9.17) is 4.74 Å². The number of aromatic nitrogens is 2. The third-order valence-electron chi connectivity index (χ3n) is 3.93. The van der Waals surface area contributed by atoms with Crippen LogP contribution in [0.3, 0.4) is 0 Å². The van der Waals surface area contributed by atoms with Crippen LogP contribution in [0.25, 0.3) is 22.5 Å². The molecule has 0 fully saturated rings. The Hall–Kier alpha value is -3.79. The van der Waals surface area contributed by atoms with Gasteiger partial charge in [0.05, 0.1) is 23.4 Å². The third-order valence-corrected chi connectivity index (χ3v) is 3.93. The van der Waals surface area contributed by atoms with Crippen LogP contribution in [-0.4, -0.2) is 22.0 Å². The quantitative estimate of drug-likeness (QED) is 0.524. The van der Waals surface area contributed by atoms with Crippen LogP contribution in [-0.2, 0) is 0 Å². The van der Waals surface area contributed by atoms with Crippen molar-refractivity contribution in [2.75, 3.05) is 7.11 Å². The van der Waals surface area contributed by atoms with Crippen molar-refractivity contribution in [3.8, 4) is 34.5 Å². The standard InChI is InChI=1S/C19H14N4O3/c1-12-4-3-9-21-18(12)17-10-15(16(11-20)19(22-17)26-2)13-5-7-14(8-6-13)23(24)25/h3-10H,1-2H3. The van der Waals surface area contributed by atoms with Crippen LogP contribution in [0.5, 0.6) is 5.88 Å². The third kappa shape index (κ3) is 3.08. The van der Waals surface area contributed by atoms with Crippen LogP contribution in [0, 0.1) is 28.4 Å². The maximum absolute atomic E-state index is 10.9. The van der Waals surface area contributed by atoms with Crippen molar-refractivity contribution in [1.29, 1.82) is 5.26 Å². The number of nitrogens with zero attached hydrogens (tertiary/aromatic N) is 4. The minimum atomic E-state index is -0.467. The fourth-order valence-corrected chi connectivity index (χ4v) is 2.64. The smallest absolute Gasteiger partial charge is 0.269 e. The number of non-ortho nitro benzene ring substituents is 1. The predicted octanol–water partition coefficient (Wildman–Crippen LogP) is 3.91. The lowest BCUT2D eigenvalue weighted by molar-refractivity contribution is -0.384. The molecule has 3 aromatic rings. The Morgan fingerprint density at radius 3 is 2.54 bits per heavy atom. The predicted molar refractivity (Wildman–Crippen MR) is 95.6 cm³/mol. The van der Waals surface area contributed by atoms with Gasteiger partial charge in [0, 0.05) is 23.9 Å². The van der Waals surface area contributed by atoms with Gasteiger partial charge in [0.15, 0.2) is 0 Å². The molecular weight excluding hydrogens is 332 g/mol. The van der Waals surface area contributed by atoms with Crippen molar-refractivity contribution in [2.24, 2.45) is 0 Å². The summed E-state index contributed by atoms with van der Waals surface area (Å²) in [7, 11) is 1.44. The second-order valence-corrected chi connectivity index (χ2v) is 5.52. The largest absolute Gasteiger partial charge is 0.480 e. The highest BCUT2D eigenvalue weighted by molar-refractivity contribution is 5.78. The van der Waals surface area contributed by atoms with Crippen molar-refractivity contribution >= 4 is 5.69 Å². The van der Waals surface area contributed by atoms with Gasteiger partial charge in [-0.15, -0.1) is 0 Å². The van der Waals surface area contributed by atoms with Gasteiger partial charge in [-0.2, -0.15) is 5.26 Å². The Labute approximate surface area is 149 Å². The number of nitro groups is 1. The highest BCUT2D eigenvalue weighted by Gasteiger charge is 2.18. The number of aryl methyl sites for hydroxylation is 1. The number of hydrogen-bond acceptors (Lipinski definition) is 6. The fourth-order valence-electron chi connectivity index (χ4n) is 2.64. The zero-order chi connectivity index (χ0) is 18.7. The van der Waals surface area contributed by atoms with Crippen molar-refractivity contribution in [3.63, 3.8) is 0 Å². The van der Waals surface area contributed by atoms with Crippen LogP contribution < -0.4 is 4.74 Å². The summed E-state index contributed by atoms with van der Waals surface area (Å²) < 4.78 is 5.29. The SMILES string of the molecule is COc1nc(-c2ncccc2C)cc(-c2ccc([N+](=O)[O-])cc2)c1C#N. The lowest BCUT2D eigenvalue weighted by Crippen LogP contribution is -1.99. The molecule has 0 N–H and O–H groups in total. The van der Waals surface area contributed by atoms with Crippen molar-refractivity contribution in [3.05, 3.63) is 69.9 Å². The fraction of sp³-hybridized carbons (Fsp3) is 0.105. The van der Waals surface area contributed by atoms with Crippen LogP contribution in [0.1, 0.15) is 11.1 Å². The highest BCUT2D eigenvalue weighted by atomic mass is 16.6. The van der Waals surface area contributed by atoms with Gasteiger partial charge in [-0.1, -0.05) is 6.07 Å². The number of nitro benzene ring substituents is 1. The summed E-state index contributed by atoms with van der Waals surface area (Å²) in [5.74, 6) is 0.184. The van der Waals surface area contributed by atoms with Gasteiger partial charge < -0.3 is 4.74 Å². The second-order valence-electron chi connectivity index (χ2n) is 5.52. The molecule has 0 amide bonds. The molecule has 3 rings (SSSR count). The molecule has 7 heteroatoms. The zero-order valence-corrected chi connectivity index (χ0v) is 14.1. The number of ether oxygens (including phenoxy) is 1. The Kier molecular flexibility index (Phi) is 4.58. The van der Waals surface area contributed by atoms with Crippen LogP contribution in [0.2, 0.25) is 0 Å². The average Bonchev–Trinajstić information content (AvgIpc) is 2.67. The first-order chi connectivity index (χ1) is 12.5. The van der Waals surface area contributed by atoms with Crippen molar-refractivity contribution in [1.82, 2.24) is 9.97 Å². The summed E-state index contributed by atoms with van der Waals surface area (Å²) in [6.45, 7) is 1.92. The Morgan fingerprint density at radius 1 is 1.23 bits per heavy atom. The van der Waals surface area contributed by atoms with E-state index in [0.717, 1.165) is 5.56 Å². The molecule has 0 bridgehead atoms. The number of methoxy groups -OCH3 is 1. The molecule has 0 spiro atoms. The van der Waals surface area contributed by atoms with Crippen molar-refractivity contribution in [2.45, 2.75) is 6.92 Å². The van der Waals surface area contributed by atoms with E-state index in [1.807, 2.05) is 19.1 Å². The molecule has 0 saturated heterocycles. The first kappa shape index (κ1) is 17.0. The molecule has 0 unspecified atom stereocenters. The summed E-state index contributed by atoms with van der Waals surface area (Å²) in [5.41, 5.74) is 3.65. The zero-order valence-electron chi connectivity index (χ0n) is 14.1. The monoisotopic (exact) mass is 346 g/mol. The molecule has 0 aliphatic heterocycles. The van der Waals surface area contributed by atoms with E-state index in [2.05, 4.69) is 16.0 Å². The molecule has 0 aliphatic rings. The van der Waals surface area contributed by atoms with E-state index in [9.17, 15) is 15.4 Å². The number of nitriles is 1. The lowest BCUT2D eigenvalue weighted by atomic mass is 9.99. The van der Waals surface area contributed by atoms with Gasteiger partial charge >= 0.3 is 0 Å². The molecule has 2 aromatic heterocycles.